The van der Waals surface area contributed by atoms with Crippen LogP contribution in [0.25, 0.3) is 10.8 Å². The lowest BCUT2D eigenvalue weighted by atomic mass is 9.72. The zero-order valence-corrected chi connectivity index (χ0v) is 12.7. The zero-order chi connectivity index (χ0) is 16.4. The van der Waals surface area contributed by atoms with E-state index in [1.54, 1.807) is 31.3 Å². The summed E-state index contributed by atoms with van der Waals surface area (Å²) in [4.78, 5) is 17.5. The van der Waals surface area contributed by atoms with Crippen LogP contribution in [-0.4, -0.2) is 28.1 Å². The summed E-state index contributed by atoms with van der Waals surface area (Å²) in [7, 11) is 1.44. The van der Waals surface area contributed by atoms with E-state index in [-0.39, 0.29) is 29.0 Å². The number of nitrogens with zero attached hydrogens (tertiary/aromatic N) is 1. The zero-order valence-electron chi connectivity index (χ0n) is 12.7. The summed E-state index contributed by atoms with van der Waals surface area (Å²) in [5, 5.41) is 22.1. The molecule has 0 amide bonds. The van der Waals surface area contributed by atoms with E-state index in [1.165, 1.54) is 13.2 Å². The standard InChI is InChI=1S/C18H15NO4/c1-18-10(4-3-5-12(23-2)17(18)22)15-13-9(6-7-19-15)8-11(20)16(21)14(13)18/h3-8,10,20-21H,1-2H3. The predicted molar refractivity (Wildman–Crippen MR) is 84.4 cm³/mol. The van der Waals surface area contributed by atoms with Gasteiger partial charge in [0.05, 0.1) is 18.2 Å². The Bertz CT molecular complexity index is 928. The van der Waals surface area contributed by atoms with Crippen LogP contribution in [0.3, 0.4) is 0 Å². The molecule has 0 bridgehead atoms. The van der Waals surface area contributed by atoms with Crippen LogP contribution in [0, 0.1) is 0 Å². The second kappa shape index (κ2) is 4.35. The SMILES string of the molecule is COC1=CC=CC2c3nccc4cc(O)c(O)c(c34)C2(C)C1=O. The van der Waals surface area contributed by atoms with Crippen LogP contribution in [0.5, 0.6) is 11.5 Å². The third kappa shape index (κ3) is 1.51. The molecule has 0 radical (unpaired) electrons. The minimum atomic E-state index is -1.08. The molecule has 4 rings (SSSR count). The van der Waals surface area contributed by atoms with Crippen LogP contribution < -0.4 is 0 Å². The van der Waals surface area contributed by atoms with E-state index in [2.05, 4.69) is 4.98 Å². The molecule has 2 atom stereocenters. The molecule has 23 heavy (non-hydrogen) atoms. The quantitative estimate of drug-likeness (QED) is 0.792. The number of pyridine rings is 1. The Morgan fingerprint density at radius 1 is 1.35 bits per heavy atom. The molecule has 0 aliphatic heterocycles. The van der Waals surface area contributed by atoms with Crippen molar-refractivity contribution in [2.24, 2.45) is 0 Å². The molecule has 116 valence electrons. The molecule has 2 aromatic rings. The number of rotatable bonds is 1. The summed E-state index contributed by atoms with van der Waals surface area (Å²) in [5.41, 5.74) is 0.0674. The van der Waals surface area contributed by atoms with Gasteiger partial charge in [0, 0.05) is 23.1 Å². The molecule has 1 aromatic heterocycles. The summed E-state index contributed by atoms with van der Waals surface area (Å²) >= 11 is 0. The highest BCUT2D eigenvalue weighted by atomic mass is 16.5. The summed E-state index contributed by atoms with van der Waals surface area (Å²) in [6.07, 6.45) is 6.93. The molecule has 2 aliphatic carbocycles. The second-order valence-electron chi connectivity index (χ2n) is 6.04. The summed E-state index contributed by atoms with van der Waals surface area (Å²) in [5.74, 6) is -0.859. The smallest absolute Gasteiger partial charge is 0.208 e. The molecule has 5 nitrogen and oxygen atoms in total. The number of phenolic OH excluding ortho intramolecular Hbond substituents is 2. The Balaban J connectivity index is 2.15. The van der Waals surface area contributed by atoms with Crippen LogP contribution in [0.2, 0.25) is 0 Å². The minimum Gasteiger partial charge on any atom is -0.504 e. The van der Waals surface area contributed by atoms with E-state index in [4.69, 9.17) is 4.74 Å². The van der Waals surface area contributed by atoms with E-state index in [9.17, 15) is 15.0 Å². The molecular formula is C18H15NO4. The molecule has 2 aliphatic rings. The first-order valence-electron chi connectivity index (χ1n) is 7.31. The van der Waals surface area contributed by atoms with Crippen molar-refractivity contribution >= 4 is 16.6 Å². The van der Waals surface area contributed by atoms with E-state index < -0.39 is 5.41 Å². The van der Waals surface area contributed by atoms with E-state index in [0.717, 1.165) is 16.5 Å². The number of carbonyl (C=O) groups excluding carboxylic acids is 1. The fourth-order valence-electron chi connectivity index (χ4n) is 3.80. The third-order valence-electron chi connectivity index (χ3n) is 4.94. The number of ether oxygens (including phenoxy) is 1. The molecule has 2 unspecified atom stereocenters. The van der Waals surface area contributed by atoms with Crippen molar-refractivity contribution in [3.8, 4) is 11.5 Å². The highest BCUT2D eigenvalue weighted by Gasteiger charge is 2.53. The first kappa shape index (κ1) is 13.8. The van der Waals surface area contributed by atoms with Crippen molar-refractivity contribution in [1.82, 2.24) is 4.98 Å². The fraction of sp³-hybridized carbons (Fsp3) is 0.222. The average molecular weight is 309 g/mol. The Morgan fingerprint density at radius 3 is 2.87 bits per heavy atom. The molecule has 2 N–H and O–H groups in total. The van der Waals surface area contributed by atoms with Crippen molar-refractivity contribution in [3.05, 3.63) is 53.6 Å². The average Bonchev–Trinajstić information content (AvgIpc) is 2.72. The number of phenols is 2. The van der Waals surface area contributed by atoms with Gasteiger partial charge in [-0.15, -0.1) is 0 Å². The van der Waals surface area contributed by atoms with Gasteiger partial charge in [-0.05, 0) is 30.5 Å². The Kier molecular flexibility index (Phi) is 2.61. The van der Waals surface area contributed by atoms with Gasteiger partial charge >= 0.3 is 0 Å². The number of carbonyl (C=O) groups is 1. The summed E-state index contributed by atoms with van der Waals surface area (Å²) in [6, 6.07) is 3.26. The molecule has 1 heterocycles. The van der Waals surface area contributed by atoms with Gasteiger partial charge < -0.3 is 14.9 Å². The van der Waals surface area contributed by atoms with E-state index >= 15 is 0 Å². The van der Waals surface area contributed by atoms with Gasteiger partial charge in [0.2, 0.25) is 5.78 Å². The van der Waals surface area contributed by atoms with Crippen LogP contribution in [0.4, 0.5) is 0 Å². The van der Waals surface area contributed by atoms with Gasteiger partial charge in [-0.1, -0.05) is 12.2 Å². The van der Waals surface area contributed by atoms with E-state index in [0.29, 0.717) is 5.56 Å². The number of ketones is 1. The Morgan fingerprint density at radius 2 is 2.13 bits per heavy atom. The summed E-state index contributed by atoms with van der Waals surface area (Å²) < 4.78 is 5.22. The molecule has 0 saturated carbocycles. The largest absolute Gasteiger partial charge is 0.504 e. The number of hydrogen-bond donors (Lipinski definition) is 2. The summed E-state index contributed by atoms with van der Waals surface area (Å²) in [6.45, 7) is 1.76. The number of aromatic nitrogens is 1. The lowest BCUT2D eigenvalue weighted by Crippen LogP contribution is -2.36. The lowest BCUT2D eigenvalue weighted by molar-refractivity contribution is -0.123. The molecule has 1 aromatic carbocycles. The van der Waals surface area contributed by atoms with Gasteiger partial charge in [-0.2, -0.15) is 0 Å². The Labute approximate surface area is 132 Å². The van der Waals surface area contributed by atoms with Crippen molar-refractivity contribution in [3.63, 3.8) is 0 Å². The maximum absolute atomic E-state index is 13.1. The number of fused-ring (bicyclic) bond motifs is 3. The molecule has 0 spiro atoms. The van der Waals surface area contributed by atoms with Crippen molar-refractivity contribution in [2.75, 3.05) is 7.11 Å². The third-order valence-corrected chi connectivity index (χ3v) is 4.94. The normalized spacial score (nSPS) is 25.2. The molecular weight excluding hydrogens is 294 g/mol. The predicted octanol–water partition coefficient (Wildman–Crippen LogP) is 2.67. The van der Waals surface area contributed by atoms with Crippen LogP contribution >= 0.6 is 0 Å². The monoisotopic (exact) mass is 309 g/mol. The first-order chi connectivity index (χ1) is 11.0. The van der Waals surface area contributed by atoms with Crippen LogP contribution in [0.15, 0.2) is 42.3 Å². The topological polar surface area (TPSA) is 79.7 Å². The Hall–Kier alpha value is -2.82. The highest BCUT2D eigenvalue weighted by molar-refractivity contribution is 6.10. The van der Waals surface area contributed by atoms with Gasteiger partial charge in [0.25, 0.3) is 0 Å². The van der Waals surface area contributed by atoms with Gasteiger partial charge in [-0.3, -0.25) is 9.78 Å². The van der Waals surface area contributed by atoms with Crippen molar-refractivity contribution < 1.29 is 19.7 Å². The minimum absolute atomic E-state index is 0.218. The van der Waals surface area contributed by atoms with Gasteiger partial charge in [-0.25, -0.2) is 0 Å². The van der Waals surface area contributed by atoms with Crippen LogP contribution in [-0.2, 0) is 14.9 Å². The molecule has 0 fully saturated rings. The maximum Gasteiger partial charge on any atom is 0.208 e. The molecule has 0 saturated heterocycles. The number of benzene rings is 1. The van der Waals surface area contributed by atoms with Gasteiger partial charge in [0.1, 0.15) is 0 Å². The van der Waals surface area contributed by atoms with Crippen molar-refractivity contribution in [1.29, 1.82) is 0 Å². The van der Waals surface area contributed by atoms with Crippen LogP contribution in [0.1, 0.15) is 24.1 Å². The number of aromatic hydroxyl groups is 2. The number of Topliss-reactive ketones (excluding diaryl/α,β-unsaturated/α-hetero) is 1. The number of allylic oxidation sites excluding steroid dienone is 4. The lowest BCUT2D eigenvalue weighted by Gasteiger charge is -2.29. The number of hydrogen-bond acceptors (Lipinski definition) is 5. The molecule has 5 heteroatoms. The highest BCUT2D eigenvalue weighted by Crippen LogP contribution is 2.57. The number of methoxy groups -OCH3 is 1. The van der Waals surface area contributed by atoms with Crippen molar-refractivity contribution in [2.45, 2.75) is 18.3 Å². The van der Waals surface area contributed by atoms with Gasteiger partial charge in [0.15, 0.2) is 17.3 Å². The first-order valence-corrected chi connectivity index (χ1v) is 7.31. The fourth-order valence-corrected chi connectivity index (χ4v) is 3.80. The second-order valence-corrected chi connectivity index (χ2v) is 6.04. The van der Waals surface area contributed by atoms with E-state index in [1.807, 2.05) is 6.08 Å². The maximum atomic E-state index is 13.1.